The van der Waals surface area contributed by atoms with Gasteiger partial charge in [0.1, 0.15) is 18.9 Å². The molecule has 3 N–H and O–H groups in total. The minimum Gasteiger partial charge on any atom is -0.480 e. The normalized spacial score (nSPS) is 12.4. The first kappa shape index (κ1) is 27.4. The Labute approximate surface area is 204 Å². The van der Waals surface area contributed by atoms with Gasteiger partial charge in [0.05, 0.1) is 12.2 Å². The predicted molar refractivity (Wildman–Crippen MR) is 127 cm³/mol. The van der Waals surface area contributed by atoms with Crippen molar-refractivity contribution in [2.24, 2.45) is 5.92 Å². The average molecular weight is 488 g/mol. The molecule has 0 fully saturated rings. The number of carbonyl (C=O) groups excluding carboxylic acids is 2. The van der Waals surface area contributed by atoms with Crippen LogP contribution in [0.5, 0.6) is 0 Å². The van der Waals surface area contributed by atoms with Gasteiger partial charge in [0, 0.05) is 6.54 Å². The second-order valence-electron chi connectivity index (χ2n) is 8.21. The smallest absolute Gasteiger partial charge is 0.408 e. The topological polar surface area (TPSA) is 145 Å². The summed E-state index contributed by atoms with van der Waals surface area (Å²) in [5, 5.41) is 23.1. The number of unbranched alkanes of at least 4 members (excludes halogenated alkanes) is 1. The van der Waals surface area contributed by atoms with Gasteiger partial charge in [-0.2, -0.15) is 0 Å². The van der Waals surface area contributed by atoms with E-state index in [4.69, 9.17) is 9.47 Å². The van der Waals surface area contributed by atoms with Gasteiger partial charge >= 0.3 is 18.2 Å². The standard InChI is InChI=1S/C24H33N5O6/c1-4-14-34-23(32)25-13-9-8-12-20(22(30)31)29-15-19(27-28-29)21(17(2)3)26-24(33)35-16-18-10-6-5-7-11-18/h4-7,10-11,15,17,20-21H,1,8-9,12-14,16H2,2-3H3,(H,25,32)(H,26,33)(H,30,31)/t20-,21-/m0/s1. The highest BCUT2D eigenvalue weighted by Gasteiger charge is 2.26. The van der Waals surface area contributed by atoms with E-state index in [1.54, 1.807) is 0 Å². The fourth-order valence-corrected chi connectivity index (χ4v) is 3.27. The highest BCUT2D eigenvalue weighted by molar-refractivity contribution is 5.71. The molecule has 0 aliphatic carbocycles. The van der Waals surface area contributed by atoms with E-state index in [9.17, 15) is 19.5 Å². The molecule has 0 aliphatic heterocycles. The van der Waals surface area contributed by atoms with Crippen molar-refractivity contribution in [2.45, 2.75) is 51.8 Å². The van der Waals surface area contributed by atoms with E-state index in [0.717, 1.165) is 5.56 Å². The molecule has 2 rings (SSSR count). The van der Waals surface area contributed by atoms with Gasteiger partial charge in [0.15, 0.2) is 6.04 Å². The Morgan fingerprint density at radius 2 is 1.89 bits per heavy atom. The molecule has 2 atom stereocenters. The third-order valence-corrected chi connectivity index (χ3v) is 5.11. The van der Waals surface area contributed by atoms with Crippen LogP contribution in [-0.4, -0.2) is 51.4 Å². The van der Waals surface area contributed by atoms with E-state index in [-0.39, 0.29) is 19.1 Å². The summed E-state index contributed by atoms with van der Waals surface area (Å²) >= 11 is 0. The summed E-state index contributed by atoms with van der Waals surface area (Å²) in [6.07, 6.45) is 3.25. The molecule has 11 heteroatoms. The highest BCUT2D eigenvalue weighted by atomic mass is 16.6. The third kappa shape index (κ3) is 9.48. The first-order valence-electron chi connectivity index (χ1n) is 11.4. The molecular weight excluding hydrogens is 454 g/mol. The van der Waals surface area contributed by atoms with Crippen LogP contribution in [0, 0.1) is 5.92 Å². The molecule has 0 spiro atoms. The van der Waals surface area contributed by atoms with E-state index in [1.807, 2.05) is 44.2 Å². The lowest BCUT2D eigenvalue weighted by atomic mass is 10.0. The lowest BCUT2D eigenvalue weighted by molar-refractivity contribution is -0.141. The van der Waals surface area contributed by atoms with Crippen molar-refractivity contribution in [1.29, 1.82) is 0 Å². The first-order chi connectivity index (χ1) is 16.8. The maximum absolute atomic E-state index is 12.3. The second-order valence-corrected chi connectivity index (χ2v) is 8.21. The molecule has 0 saturated carbocycles. The lowest BCUT2D eigenvalue weighted by Crippen LogP contribution is -2.32. The van der Waals surface area contributed by atoms with Crippen molar-refractivity contribution in [3.05, 3.63) is 60.4 Å². The van der Waals surface area contributed by atoms with Crippen molar-refractivity contribution in [2.75, 3.05) is 13.2 Å². The lowest BCUT2D eigenvalue weighted by Gasteiger charge is -2.20. The number of benzene rings is 1. The summed E-state index contributed by atoms with van der Waals surface area (Å²) < 4.78 is 11.4. The van der Waals surface area contributed by atoms with Crippen LogP contribution in [0.3, 0.4) is 0 Å². The molecule has 35 heavy (non-hydrogen) atoms. The molecule has 0 aliphatic rings. The summed E-state index contributed by atoms with van der Waals surface area (Å²) in [5.41, 5.74) is 1.30. The number of nitrogens with one attached hydrogen (secondary N) is 2. The fourth-order valence-electron chi connectivity index (χ4n) is 3.27. The Morgan fingerprint density at radius 1 is 1.14 bits per heavy atom. The number of carbonyl (C=O) groups is 3. The Balaban J connectivity index is 1.90. The van der Waals surface area contributed by atoms with Gasteiger partial charge < -0.3 is 25.2 Å². The Kier molecular flexibility index (Phi) is 11.2. The number of amides is 2. The van der Waals surface area contributed by atoms with Gasteiger partial charge in [-0.05, 0) is 30.7 Å². The minimum atomic E-state index is -1.05. The van der Waals surface area contributed by atoms with Gasteiger partial charge in [-0.15, -0.1) is 5.10 Å². The zero-order valence-corrected chi connectivity index (χ0v) is 20.1. The van der Waals surface area contributed by atoms with Gasteiger partial charge in [0.2, 0.25) is 0 Å². The predicted octanol–water partition coefficient (Wildman–Crippen LogP) is 3.61. The van der Waals surface area contributed by atoms with Crippen LogP contribution in [-0.2, 0) is 20.9 Å². The molecule has 1 heterocycles. The van der Waals surface area contributed by atoms with Crippen LogP contribution >= 0.6 is 0 Å². The van der Waals surface area contributed by atoms with Crippen LogP contribution in [0.25, 0.3) is 0 Å². The molecule has 0 unspecified atom stereocenters. The summed E-state index contributed by atoms with van der Waals surface area (Å²) in [7, 11) is 0. The van der Waals surface area contributed by atoms with Gasteiger partial charge in [-0.25, -0.2) is 19.1 Å². The zero-order chi connectivity index (χ0) is 25.6. The number of aliphatic carboxylic acids is 1. The van der Waals surface area contributed by atoms with Crippen LogP contribution in [0.2, 0.25) is 0 Å². The molecule has 0 saturated heterocycles. The van der Waals surface area contributed by atoms with Crippen molar-refractivity contribution in [1.82, 2.24) is 25.6 Å². The quantitative estimate of drug-likeness (QED) is 0.271. The number of hydrogen-bond donors (Lipinski definition) is 3. The van der Waals surface area contributed by atoms with Crippen molar-refractivity contribution >= 4 is 18.2 Å². The number of carboxylic acid groups (broad SMARTS) is 1. The van der Waals surface area contributed by atoms with Crippen LogP contribution < -0.4 is 10.6 Å². The molecule has 0 radical (unpaired) electrons. The number of aromatic nitrogens is 3. The SMILES string of the molecule is C=CCOC(=O)NCCCC[C@@H](C(=O)O)n1cc([C@@H](NC(=O)OCc2ccccc2)C(C)C)nn1. The van der Waals surface area contributed by atoms with E-state index in [0.29, 0.717) is 31.5 Å². The molecular formula is C24H33N5O6. The zero-order valence-electron chi connectivity index (χ0n) is 20.1. The molecule has 190 valence electrons. The number of rotatable bonds is 14. The maximum Gasteiger partial charge on any atom is 0.408 e. The highest BCUT2D eigenvalue weighted by Crippen LogP contribution is 2.22. The van der Waals surface area contributed by atoms with Crippen molar-refractivity contribution < 1.29 is 29.0 Å². The first-order valence-corrected chi connectivity index (χ1v) is 11.4. The van der Waals surface area contributed by atoms with Gasteiger partial charge in [0.25, 0.3) is 0 Å². The number of alkyl carbamates (subject to hydrolysis) is 2. The molecule has 1 aromatic heterocycles. The molecule has 2 aromatic rings. The molecule has 0 bridgehead atoms. The number of carboxylic acids is 1. The molecule has 2 amide bonds. The minimum absolute atomic E-state index is 0.0420. The number of hydrogen-bond acceptors (Lipinski definition) is 7. The Morgan fingerprint density at radius 3 is 2.54 bits per heavy atom. The Hall–Kier alpha value is -3.89. The van der Waals surface area contributed by atoms with E-state index >= 15 is 0 Å². The van der Waals surface area contributed by atoms with Crippen LogP contribution in [0.15, 0.2) is 49.2 Å². The number of ether oxygens (including phenoxy) is 2. The van der Waals surface area contributed by atoms with Gasteiger partial charge in [-0.1, -0.05) is 62.0 Å². The van der Waals surface area contributed by atoms with Crippen LogP contribution in [0.1, 0.15) is 56.5 Å². The summed E-state index contributed by atoms with van der Waals surface area (Å²) in [5.74, 6) is -1.09. The van der Waals surface area contributed by atoms with Crippen molar-refractivity contribution in [3.8, 4) is 0 Å². The van der Waals surface area contributed by atoms with Crippen molar-refractivity contribution in [3.63, 3.8) is 0 Å². The summed E-state index contributed by atoms with van der Waals surface area (Å²) in [4.78, 5) is 35.6. The van der Waals surface area contributed by atoms with E-state index in [2.05, 4.69) is 27.5 Å². The summed E-state index contributed by atoms with van der Waals surface area (Å²) in [6, 6.07) is 7.88. The monoisotopic (exact) mass is 487 g/mol. The Bertz CT molecular complexity index is 962. The third-order valence-electron chi connectivity index (χ3n) is 5.11. The second kappa shape index (κ2) is 14.4. The fraction of sp³-hybridized carbons (Fsp3) is 0.458. The van der Waals surface area contributed by atoms with E-state index < -0.39 is 30.2 Å². The number of nitrogens with zero attached hydrogens (tertiary/aromatic N) is 3. The summed E-state index contributed by atoms with van der Waals surface area (Å²) in [6.45, 7) is 7.88. The average Bonchev–Trinajstić information content (AvgIpc) is 3.31. The largest absolute Gasteiger partial charge is 0.480 e. The van der Waals surface area contributed by atoms with E-state index in [1.165, 1.54) is 17.0 Å². The maximum atomic E-state index is 12.3. The molecule has 1 aromatic carbocycles. The van der Waals surface area contributed by atoms with Gasteiger partial charge in [-0.3, -0.25) is 0 Å². The molecule has 11 nitrogen and oxygen atoms in total. The van der Waals surface area contributed by atoms with Crippen LogP contribution in [0.4, 0.5) is 9.59 Å².